The van der Waals surface area contributed by atoms with E-state index in [2.05, 4.69) is 0 Å². The van der Waals surface area contributed by atoms with Gasteiger partial charge in [-0.25, -0.2) is 0 Å². The first-order valence-corrected chi connectivity index (χ1v) is 5.19. The lowest BCUT2D eigenvalue weighted by Crippen LogP contribution is -2.54. The number of carbonyl (C=O) groups excluding carboxylic acids is 2. The molecule has 1 atom stereocenters. The molecule has 1 unspecified atom stereocenters. The minimum Gasteiger partial charge on any atom is -0.380 e. The number of piperidine rings is 1. The summed E-state index contributed by atoms with van der Waals surface area (Å²) in [6, 6.07) is -0.573. The smallest absolute Gasteiger partial charge is 0.255 e. The van der Waals surface area contributed by atoms with Crippen molar-refractivity contribution in [3.63, 3.8) is 0 Å². The predicted molar refractivity (Wildman–Crippen MR) is 52.4 cm³/mol. The number of likely N-dealkylation sites (tertiary alicyclic amines) is 1. The third-order valence-corrected chi connectivity index (χ3v) is 3.05. The number of hydrogen-bond donors (Lipinski definition) is 2. The molecule has 1 aliphatic heterocycles. The molecular weight excluding hydrogens is 196 g/mol. The van der Waals surface area contributed by atoms with E-state index >= 15 is 0 Å². The van der Waals surface area contributed by atoms with Crippen LogP contribution in [-0.4, -0.2) is 40.0 Å². The predicted octanol–water partition coefficient (Wildman–Crippen LogP) is -0.808. The van der Waals surface area contributed by atoms with Crippen LogP contribution in [0.25, 0.3) is 0 Å². The lowest BCUT2D eigenvalue weighted by Gasteiger charge is -2.34. The molecule has 2 rings (SSSR count). The number of amides is 2. The molecule has 1 saturated carbocycles. The molecular formula is C10H15N2O3. The minimum absolute atomic E-state index is 0.334. The molecule has 0 aromatic rings. The number of nitrogens with zero attached hydrogens (tertiary/aromatic N) is 1. The van der Waals surface area contributed by atoms with Crippen molar-refractivity contribution in [1.29, 1.82) is 0 Å². The van der Waals surface area contributed by atoms with Crippen molar-refractivity contribution in [2.24, 2.45) is 5.73 Å². The van der Waals surface area contributed by atoms with Gasteiger partial charge in [0.25, 0.3) is 5.91 Å². The summed E-state index contributed by atoms with van der Waals surface area (Å²) < 4.78 is 0. The summed E-state index contributed by atoms with van der Waals surface area (Å²) in [6.07, 6.45) is 4.20. The molecule has 2 amide bonds. The maximum Gasteiger partial charge on any atom is 0.255 e. The zero-order valence-corrected chi connectivity index (χ0v) is 8.48. The molecule has 2 fully saturated rings. The largest absolute Gasteiger partial charge is 0.380 e. The van der Waals surface area contributed by atoms with Gasteiger partial charge in [0, 0.05) is 6.54 Å². The fourth-order valence-electron chi connectivity index (χ4n) is 1.90. The Labute approximate surface area is 88.2 Å². The van der Waals surface area contributed by atoms with E-state index in [1.165, 1.54) is 4.90 Å². The van der Waals surface area contributed by atoms with Crippen molar-refractivity contribution in [2.75, 3.05) is 6.54 Å². The van der Waals surface area contributed by atoms with Crippen molar-refractivity contribution >= 4 is 11.8 Å². The highest BCUT2D eigenvalue weighted by atomic mass is 16.3. The van der Waals surface area contributed by atoms with Crippen LogP contribution in [0.5, 0.6) is 0 Å². The Kier molecular flexibility index (Phi) is 2.42. The number of aliphatic hydroxyl groups is 1. The highest BCUT2D eigenvalue weighted by Gasteiger charge is 2.52. The van der Waals surface area contributed by atoms with Crippen LogP contribution in [0.1, 0.15) is 25.7 Å². The summed E-state index contributed by atoms with van der Waals surface area (Å²) in [5.41, 5.74) is 4.02. The van der Waals surface area contributed by atoms with Crippen LogP contribution >= 0.6 is 0 Å². The van der Waals surface area contributed by atoms with E-state index in [4.69, 9.17) is 5.73 Å². The Morgan fingerprint density at radius 1 is 1.47 bits per heavy atom. The maximum absolute atomic E-state index is 11.9. The highest BCUT2D eigenvalue weighted by Crippen LogP contribution is 2.38. The first-order valence-electron chi connectivity index (χ1n) is 5.19. The summed E-state index contributed by atoms with van der Waals surface area (Å²) >= 11 is 0. The van der Waals surface area contributed by atoms with Gasteiger partial charge in [0.2, 0.25) is 5.91 Å². The number of nitrogens with two attached hydrogens (primary N) is 1. The van der Waals surface area contributed by atoms with Crippen LogP contribution in [0.4, 0.5) is 0 Å². The molecule has 1 aliphatic carbocycles. The Balaban J connectivity index is 2.10. The summed E-state index contributed by atoms with van der Waals surface area (Å²) in [6.45, 7) is 0.481. The normalized spacial score (nSPS) is 28.6. The maximum atomic E-state index is 11.9. The molecule has 0 bridgehead atoms. The van der Waals surface area contributed by atoms with Crippen molar-refractivity contribution < 1.29 is 14.7 Å². The molecule has 83 valence electrons. The van der Waals surface area contributed by atoms with Gasteiger partial charge in [-0.1, -0.05) is 0 Å². The SMILES string of the molecule is NC(=O)C1C[CH]CCN1C(=O)C1(O)CC1. The second-order valence-electron chi connectivity index (χ2n) is 4.26. The first kappa shape index (κ1) is 10.4. The molecule has 0 aromatic heterocycles. The summed E-state index contributed by atoms with van der Waals surface area (Å²) in [4.78, 5) is 24.4. The number of rotatable bonds is 2. The van der Waals surface area contributed by atoms with Gasteiger partial charge in [-0.05, 0) is 32.1 Å². The van der Waals surface area contributed by atoms with Gasteiger partial charge >= 0.3 is 0 Å². The second-order valence-corrected chi connectivity index (χ2v) is 4.26. The van der Waals surface area contributed by atoms with Crippen LogP contribution in [0.2, 0.25) is 0 Å². The van der Waals surface area contributed by atoms with Gasteiger partial charge in [0.1, 0.15) is 11.6 Å². The fraction of sp³-hybridized carbons (Fsp3) is 0.700. The van der Waals surface area contributed by atoms with Crippen LogP contribution in [0.15, 0.2) is 0 Å². The topological polar surface area (TPSA) is 83.6 Å². The van der Waals surface area contributed by atoms with Gasteiger partial charge in [-0.2, -0.15) is 0 Å². The van der Waals surface area contributed by atoms with Gasteiger partial charge < -0.3 is 15.7 Å². The van der Waals surface area contributed by atoms with Crippen LogP contribution in [0.3, 0.4) is 0 Å². The second kappa shape index (κ2) is 3.48. The van der Waals surface area contributed by atoms with Crippen molar-refractivity contribution in [3.05, 3.63) is 6.42 Å². The Bertz CT molecular complexity index is 299. The number of primary amides is 1. The molecule has 1 saturated heterocycles. The lowest BCUT2D eigenvalue weighted by molar-refractivity contribution is -0.149. The number of carbonyl (C=O) groups is 2. The zero-order chi connectivity index (χ0) is 11.1. The van der Waals surface area contributed by atoms with Gasteiger partial charge in [-0.15, -0.1) is 0 Å². The van der Waals surface area contributed by atoms with Gasteiger partial charge in [0.05, 0.1) is 0 Å². The molecule has 2 aliphatic rings. The average Bonchev–Trinajstić information content (AvgIpc) is 2.96. The molecule has 15 heavy (non-hydrogen) atoms. The average molecular weight is 211 g/mol. The zero-order valence-electron chi connectivity index (χ0n) is 8.48. The Hall–Kier alpha value is -1.10. The number of hydrogen-bond acceptors (Lipinski definition) is 3. The lowest BCUT2D eigenvalue weighted by atomic mass is 10.0. The van der Waals surface area contributed by atoms with E-state index in [1.807, 2.05) is 6.42 Å². The summed E-state index contributed by atoms with van der Waals surface area (Å²) in [7, 11) is 0. The molecule has 3 N–H and O–H groups in total. The van der Waals surface area contributed by atoms with E-state index in [-0.39, 0.29) is 5.91 Å². The third kappa shape index (κ3) is 1.84. The standard InChI is InChI=1S/C10H15N2O3/c11-8(13)7-3-1-2-6-12(7)9(14)10(15)4-5-10/h1,7,15H,2-6H2,(H2,11,13). The molecule has 0 spiro atoms. The molecule has 1 heterocycles. The van der Waals surface area contributed by atoms with E-state index in [0.29, 0.717) is 25.8 Å². The monoisotopic (exact) mass is 211 g/mol. The van der Waals surface area contributed by atoms with Crippen molar-refractivity contribution in [2.45, 2.75) is 37.3 Å². The van der Waals surface area contributed by atoms with Crippen LogP contribution < -0.4 is 5.73 Å². The first-order chi connectivity index (χ1) is 7.04. The Morgan fingerprint density at radius 3 is 2.67 bits per heavy atom. The minimum atomic E-state index is -1.20. The summed E-state index contributed by atoms with van der Waals surface area (Å²) in [5, 5.41) is 9.70. The van der Waals surface area contributed by atoms with E-state index < -0.39 is 17.6 Å². The van der Waals surface area contributed by atoms with Crippen molar-refractivity contribution in [1.82, 2.24) is 4.90 Å². The van der Waals surface area contributed by atoms with Gasteiger partial charge in [-0.3, -0.25) is 9.59 Å². The molecule has 5 heteroatoms. The van der Waals surface area contributed by atoms with E-state index in [9.17, 15) is 14.7 Å². The molecule has 1 radical (unpaired) electrons. The van der Waals surface area contributed by atoms with Crippen molar-refractivity contribution in [3.8, 4) is 0 Å². The third-order valence-electron chi connectivity index (χ3n) is 3.05. The molecule has 0 aromatic carbocycles. The highest BCUT2D eigenvalue weighted by molar-refractivity contribution is 5.92. The van der Waals surface area contributed by atoms with Crippen LogP contribution in [-0.2, 0) is 9.59 Å². The quantitative estimate of drug-likeness (QED) is 0.626. The fourth-order valence-corrected chi connectivity index (χ4v) is 1.90. The molecule has 5 nitrogen and oxygen atoms in total. The van der Waals surface area contributed by atoms with E-state index in [0.717, 1.165) is 6.42 Å². The Morgan fingerprint density at radius 2 is 2.13 bits per heavy atom. The van der Waals surface area contributed by atoms with E-state index in [1.54, 1.807) is 0 Å². The summed E-state index contributed by atoms with van der Waals surface area (Å²) in [5.74, 6) is -0.831. The van der Waals surface area contributed by atoms with Gasteiger partial charge in [0.15, 0.2) is 0 Å². The van der Waals surface area contributed by atoms with Crippen LogP contribution in [0, 0.1) is 6.42 Å².